The second-order valence-corrected chi connectivity index (χ2v) is 3.37. The van der Waals surface area contributed by atoms with Gasteiger partial charge in [0.15, 0.2) is 0 Å². The summed E-state index contributed by atoms with van der Waals surface area (Å²) in [4.78, 5) is 10.6. The number of halogens is 1. The number of hydrogen-bond acceptors (Lipinski definition) is 2. The fourth-order valence-corrected chi connectivity index (χ4v) is 1.67. The Labute approximate surface area is 71.1 Å². The normalized spacial score (nSPS) is 33.6. The van der Waals surface area contributed by atoms with E-state index in [9.17, 15) is 4.79 Å². The molecule has 11 heavy (non-hydrogen) atoms. The molecule has 1 heterocycles. The monoisotopic (exact) mass is 177 g/mol. The lowest BCUT2D eigenvalue weighted by molar-refractivity contribution is -0.143. The summed E-state index contributed by atoms with van der Waals surface area (Å²) < 4.78 is 1.42. The van der Waals surface area contributed by atoms with Crippen molar-refractivity contribution in [1.29, 1.82) is 0 Å². The molecule has 3 nitrogen and oxygen atoms in total. The summed E-state index contributed by atoms with van der Waals surface area (Å²) >= 11 is 5.78. The molecule has 0 saturated carbocycles. The minimum Gasteiger partial charge on any atom is -0.480 e. The van der Waals surface area contributed by atoms with Crippen LogP contribution in [-0.2, 0) is 4.79 Å². The molecular weight excluding hydrogens is 166 g/mol. The molecule has 2 unspecified atom stereocenters. The van der Waals surface area contributed by atoms with Crippen molar-refractivity contribution in [1.82, 2.24) is 4.42 Å². The van der Waals surface area contributed by atoms with Gasteiger partial charge >= 0.3 is 5.97 Å². The van der Waals surface area contributed by atoms with Crippen LogP contribution in [0, 0.1) is 0 Å². The standard InChI is InChI=1S/C7H12ClNO2/c1-5-3-2-4-6(7(10)11)9(5)8/h5-6H,2-4H2,1H3,(H,10,11). The number of carbonyl (C=O) groups is 1. The molecule has 0 radical (unpaired) electrons. The molecule has 1 aliphatic rings. The lowest BCUT2D eigenvalue weighted by Gasteiger charge is -2.32. The molecule has 1 aliphatic heterocycles. The predicted octanol–water partition coefficient (Wildman–Crippen LogP) is 1.47. The zero-order valence-corrected chi connectivity index (χ0v) is 7.21. The highest BCUT2D eigenvalue weighted by molar-refractivity contribution is 6.15. The van der Waals surface area contributed by atoms with E-state index in [1.165, 1.54) is 4.42 Å². The molecule has 0 amide bonds. The van der Waals surface area contributed by atoms with Crippen LogP contribution in [-0.4, -0.2) is 27.6 Å². The summed E-state index contributed by atoms with van der Waals surface area (Å²) in [6.07, 6.45) is 2.62. The van der Waals surface area contributed by atoms with Crippen LogP contribution >= 0.6 is 11.8 Å². The molecule has 0 aromatic carbocycles. The zero-order chi connectivity index (χ0) is 8.43. The first kappa shape index (κ1) is 8.81. The fraction of sp³-hybridized carbons (Fsp3) is 0.857. The third-order valence-corrected chi connectivity index (χ3v) is 2.67. The number of hydrogen-bond donors (Lipinski definition) is 1. The lowest BCUT2D eigenvalue weighted by Crippen LogP contribution is -2.43. The summed E-state index contributed by atoms with van der Waals surface area (Å²) in [6, 6.07) is -0.299. The first-order chi connectivity index (χ1) is 5.13. The van der Waals surface area contributed by atoms with E-state index < -0.39 is 12.0 Å². The molecule has 1 saturated heterocycles. The Bertz CT molecular complexity index is 163. The molecule has 2 atom stereocenters. The summed E-state index contributed by atoms with van der Waals surface area (Å²) in [5.74, 6) is -0.813. The van der Waals surface area contributed by atoms with Crippen molar-refractivity contribution in [3.05, 3.63) is 0 Å². The van der Waals surface area contributed by atoms with Crippen LogP contribution in [0.15, 0.2) is 0 Å². The van der Waals surface area contributed by atoms with Crippen molar-refractivity contribution >= 4 is 17.7 Å². The summed E-state index contributed by atoms with van der Waals surface area (Å²) in [7, 11) is 0. The van der Waals surface area contributed by atoms with E-state index in [2.05, 4.69) is 0 Å². The van der Waals surface area contributed by atoms with Gasteiger partial charge < -0.3 is 5.11 Å². The largest absolute Gasteiger partial charge is 0.480 e. The Hall–Kier alpha value is -0.280. The molecule has 1 fully saturated rings. The van der Waals surface area contributed by atoms with E-state index in [1.807, 2.05) is 6.92 Å². The first-order valence-electron chi connectivity index (χ1n) is 3.80. The molecule has 64 valence electrons. The van der Waals surface area contributed by atoms with Gasteiger partial charge in [0.05, 0.1) is 0 Å². The van der Waals surface area contributed by atoms with E-state index >= 15 is 0 Å². The SMILES string of the molecule is CC1CCCC(C(=O)O)N1Cl. The number of carboxylic acid groups (broad SMARTS) is 1. The quantitative estimate of drug-likeness (QED) is 0.617. The number of aliphatic carboxylic acids is 1. The molecule has 0 spiro atoms. The first-order valence-corrected chi connectivity index (χ1v) is 4.13. The molecule has 1 rings (SSSR count). The minimum absolute atomic E-state index is 0.187. The van der Waals surface area contributed by atoms with Gasteiger partial charge in [0, 0.05) is 6.04 Å². The Kier molecular flexibility index (Phi) is 2.73. The van der Waals surface area contributed by atoms with Crippen molar-refractivity contribution in [3.63, 3.8) is 0 Å². The highest BCUT2D eigenvalue weighted by Crippen LogP contribution is 2.24. The number of nitrogens with zero attached hydrogens (tertiary/aromatic N) is 1. The second-order valence-electron chi connectivity index (χ2n) is 2.98. The van der Waals surface area contributed by atoms with Gasteiger partial charge in [-0.1, -0.05) is 0 Å². The van der Waals surface area contributed by atoms with Crippen molar-refractivity contribution in [2.45, 2.75) is 38.3 Å². The van der Waals surface area contributed by atoms with Gasteiger partial charge in [-0.3, -0.25) is 4.79 Å². The molecule has 1 N–H and O–H groups in total. The third kappa shape index (κ3) is 1.84. The smallest absolute Gasteiger partial charge is 0.322 e. The average Bonchev–Trinajstić information content (AvgIpc) is 1.94. The van der Waals surface area contributed by atoms with Crippen LogP contribution in [0.2, 0.25) is 0 Å². The molecule has 0 aliphatic carbocycles. The highest BCUT2D eigenvalue weighted by Gasteiger charge is 2.31. The van der Waals surface area contributed by atoms with Crippen molar-refractivity contribution in [3.8, 4) is 0 Å². The maximum Gasteiger partial charge on any atom is 0.322 e. The number of piperidine rings is 1. The molecule has 0 bridgehead atoms. The van der Waals surface area contributed by atoms with E-state index in [0.717, 1.165) is 12.8 Å². The fourth-order valence-electron chi connectivity index (χ4n) is 1.39. The zero-order valence-electron chi connectivity index (χ0n) is 6.46. The van der Waals surface area contributed by atoms with Crippen LogP contribution in [0.4, 0.5) is 0 Å². The van der Waals surface area contributed by atoms with Gasteiger partial charge in [0.2, 0.25) is 0 Å². The van der Waals surface area contributed by atoms with Crippen LogP contribution in [0.5, 0.6) is 0 Å². The van der Waals surface area contributed by atoms with Crippen LogP contribution in [0.3, 0.4) is 0 Å². The topological polar surface area (TPSA) is 40.5 Å². The second kappa shape index (κ2) is 3.41. The summed E-state index contributed by atoms with van der Waals surface area (Å²) in [5.41, 5.74) is 0. The molecular formula is C7H12ClNO2. The Morgan fingerprint density at radius 3 is 2.73 bits per heavy atom. The predicted molar refractivity (Wildman–Crippen MR) is 42.4 cm³/mol. The molecule has 0 aromatic heterocycles. The summed E-state index contributed by atoms with van der Waals surface area (Å²) in [6.45, 7) is 1.95. The highest BCUT2D eigenvalue weighted by atomic mass is 35.5. The lowest BCUT2D eigenvalue weighted by atomic mass is 10.00. The number of rotatable bonds is 1. The van der Waals surface area contributed by atoms with Crippen molar-refractivity contribution in [2.75, 3.05) is 0 Å². The molecule has 4 heteroatoms. The van der Waals surface area contributed by atoms with E-state index in [4.69, 9.17) is 16.9 Å². The van der Waals surface area contributed by atoms with Crippen molar-refractivity contribution < 1.29 is 9.90 Å². The van der Waals surface area contributed by atoms with Crippen LogP contribution in [0.25, 0.3) is 0 Å². The maximum absolute atomic E-state index is 10.6. The maximum atomic E-state index is 10.6. The average molecular weight is 178 g/mol. The van der Waals surface area contributed by atoms with Gasteiger partial charge in [-0.05, 0) is 38.0 Å². The van der Waals surface area contributed by atoms with Gasteiger partial charge in [-0.2, -0.15) is 0 Å². The van der Waals surface area contributed by atoms with Gasteiger partial charge in [0.1, 0.15) is 6.04 Å². The van der Waals surface area contributed by atoms with Crippen LogP contribution in [0.1, 0.15) is 26.2 Å². The van der Waals surface area contributed by atoms with E-state index in [1.54, 1.807) is 0 Å². The van der Waals surface area contributed by atoms with Gasteiger partial charge in [0.25, 0.3) is 0 Å². The Morgan fingerprint density at radius 1 is 1.64 bits per heavy atom. The molecule has 0 aromatic rings. The minimum atomic E-state index is -0.813. The summed E-state index contributed by atoms with van der Waals surface area (Å²) in [5, 5.41) is 8.70. The van der Waals surface area contributed by atoms with Gasteiger partial charge in [-0.15, -0.1) is 0 Å². The van der Waals surface area contributed by atoms with E-state index in [0.29, 0.717) is 6.42 Å². The third-order valence-electron chi connectivity index (χ3n) is 2.10. The Balaban J connectivity index is 2.58. The van der Waals surface area contributed by atoms with E-state index in [-0.39, 0.29) is 6.04 Å². The number of carboxylic acids is 1. The van der Waals surface area contributed by atoms with Crippen LogP contribution < -0.4 is 0 Å². The van der Waals surface area contributed by atoms with Gasteiger partial charge in [-0.25, -0.2) is 4.42 Å². The van der Waals surface area contributed by atoms with Crippen molar-refractivity contribution in [2.24, 2.45) is 0 Å². The Morgan fingerprint density at radius 2 is 2.27 bits per heavy atom.